The van der Waals surface area contributed by atoms with Gasteiger partial charge in [0.25, 0.3) is 0 Å². The Morgan fingerprint density at radius 1 is 1.20 bits per heavy atom. The van der Waals surface area contributed by atoms with E-state index in [2.05, 4.69) is 29.6 Å². The van der Waals surface area contributed by atoms with E-state index in [1.807, 2.05) is 0 Å². The molecule has 0 aromatic heterocycles. The standard InChI is InChI=1S/C13H17NO/c1-2-7-12-10(4-1)8-15-9-13(12)14-11-5-3-6-11/h1-2,4,7,11,13-14H,3,5-6,8-9H2. The number of benzene rings is 1. The van der Waals surface area contributed by atoms with Gasteiger partial charge in [0, 0.05) is 6.04 Å². The van der Waals surface area contributed by atoms with Crippen molar-refractivity contribution in [2.24, 2.45) is 0 Å². The van der Waals surface area contributed by atoms with Crippen molar-refractivity contribution in [3.05, 3.63) is 35.4 Å². The number of nitrogens with one attached hydrogen (secondary N) is 1. The third-order valence-electron chi connectivity index (χ3n) is 3.51. The molecule has 2 heteroatoms. The Morgan fingerprint density at radius 3 is 2.87 bits per heavy atom. The third kappa shape index (κ3) is 1.80. The van der Waals surface area contributed by atoms with Gasteiger partial charge >= 0.3 is 0 Å². The molecule has 0 amide bonds. The highest BCUT2D eigenvalue weighted by Gasteiger charge is 2.25. The van der Waals surface area contributed by atoms with Crippen LogP contribution in [0.15, 0.2) is 24.3 Å². The van der Waals surface area contributed by atoms with E-state index in [0.717, 1.165) is 19.3 Å². The molecule has 3 rings (SSSR count). The molecule has 1 aromatic carbocycles. The summed E-state index contributed by atoms with van der Waals surface area (Å²) in [6.07, 6.45) is 4.05. The van der Waals surface area contributed by atoms with Gasteiger partial charge in [-0.05, 0) is 24.0 Å². The predicted molar refractivity (Wildman–Crippen MR) is 59.6 cm³/mol. The molecule has 1 N–H and O–H groups in total. The summed E-state index contributed by atoms with van der Waals surface area (Å²) in [7, 11) is 0. The largest absolute Gasteiger partial charge is 0.375 e. The minimum Gasteiger partial charge on any atom is -0.375 e. The molecule has 2 nitrogen and oxygen atoms in total. The first-order valence-corrected chi connectivity index (χ1v) is 5.85. The average Bonchev–Trinajstić information content (AvgIpc) is 2.23. The minimum atomic E-state index is 0.417. The Kier molecular flexibility index (Phi) is 2.47. The average molecular weight is 203 g/mol. The zero-order valence-electron chi connectivity index (χ0n) is 8.91. The molecule has 1 heterocycles. The van der Waals surface area contributed by atoms with E-state index in [0.29, 0.717) is 6.04 Å². The van der Waals surface area contributed by atoms with Crippen LogP contribution in [-0.2, 0) is 11.3 Å². The maximum atomic E-state index is 5.62. The van der Waals surface area contributed by atoms with Crippen LogP contribution < -0.4 is 5.32 Å². The lowest BCUT2D eigenvalue weighted by atomic mass is 9.90. The summed E-state index contributed by atoms with van der Waals surface area (Å²) in [6, 6.07) is 9.76. The first kappa shape index (κ1) is 9.37. The number of ether oxygens (including phenoxy) is 1. The van der Waals surface area contributed by atoms with Gasteiger partial charge in [-0.3, -0.25) is 0 Å². The summed E-state index contributed by atoms with van der Waals surface area (Å²) in [5.74, 6) is 0. The second-order valence-electron chi connectivity index (χ2n) is 4.56. The van der Waals surface area contributed by atoms with Gasteiger partial charge in [0.15, 0.2) is 0 Å². The van der Waals surface area contributed by atoms with Gasteiger partial charge in [-0.25, -0.2) is 0 Å². The number of fused-ring (bicyclic) bond motifs is 1. The number of hydrogen-bond acceptors (Lipinski definition) is 2. The molecule has 1 unspecified atom stereocenters. The maximum absolute atomic E-state index is 5.62. The molecule has 1 atom stereocenters. The molecule has 0 spiro atoms. The van der Waals surface area contributed by atoms with Crippen LogP contribution in [0.1, 0.15) is 36.4 Å². The highest BCUT2D eigenvalue weighted by atomic mass is 16.5. The molecule has 15 heavy (non-hydrogen) atoms. The predicted octanol–water partition coefficient (Wildman–Crippen LogP) is 2.40. The van der Waals surface area contributed by atoms with Crippen LogP contribution in [0.5, 0.6) is 0 Å². The smallest absolute Gasteiger partial charge is 0.0721 e. The van der Waals surface area contributed by atoms with Gasteiger partial charge in [-0.15, -0.1) is 0 Å². The second-order valence-corrected chi connectivity index (χ2v) is 4.56. The van der Waals surface area contributed by atoms with E-state index in [1.165, 1.54) is 30.4 Å². The molecule has 0 bridgehead atoms. The fourth-order valence-electron chi connectivity index (χ4n) is 2.38. The van der Waals surface area contributed by atoms with Gasteiger partial charge in [0.1, 0.15) is 0 Å². The highest BCUT2D eigenvalue weighted by molar-refractivity contribution is 5.31. The molecule has 1 aromatic rings. The second kappa shape index (κ2) is 3.95. The van der Waals surface area contributed by atoms with E-state index in [4.69, 9.17) is 4.74 Å². The van der Waals surface area contributed by atoms with Crippen molar-refractivity contribution in [3.8, 4) is 0 Å². The van der Waals surface area contributed by atoms with Crippen molar-refractivity contribution in [2.45, 2.75) is 38.0 Å². The molecule has 80 valence electrons. The third-order valence-corrected chi connectivity index (χ3v) is 3.51. The summed E-state index contributed by atoms with van der Waals surface area (Å²) in [6.45, 7) is 1.60. The Balaban J connectivity index is 1.79. The van der Waals surface area contributed by atoms with E-state index in [9.17, 15) is 0 Å². The van der Waals surface area contributed by atoms with Crippen molar-refractivity contribution < 1.29 is 4.74 Å². The van der Waals surface area contributed by atoms with Crippen molar-refractivity contribution in [1.82, 2.24) is 5.32 Å². The monoisotopic (exact) mass is 203 g/mol. The van der Waals surface area contributed by atoms with Gasteiger partial charge in [-0.2, -0.15) is 0 Å². The van der Waals surface area contributed by atoms with Crippen molar-refractivity contribution in [2.75, 3.05) is 6.61 Å². The quantitative estimate of drug-likeness (QED) is 0.797. The Morgan fingerprint density at radius 2 is 2.07 bits per heavy atom. The zero-order chi connectivity index (χ0) is 10.1. The van der Waals surface area contributed by atoms with Crippen LogP contribution in [0.4, 0.5) is 0 Å². The molecule has 2 aliphatic rings. The maximum Gasteiger partial charge on any atom is 0.0721 e. The first-order chi connectivity index (χ1) is 7.43. The van der Waals surface area contributed by atoms with Crippen molar-refractivity contribution in [3.63, 3.8) is 0 Å². The SMILES string of the molecule is c1ccc2c(c1)COCC2NC1CCC1. The van der Waals surface area contributed by atoms with Crippen LogP contribution in [0.2, 0.25) is 0 Å². The Labute approximate surface area is 90.6 Å². The Bertz CT molecular complexity index is 346. The van der Waals surface area contributed by atoms with Crippen LogP contribution in [-0.4, -0.2) is 12.6 Å². The normalized spacial score (nSPS) is 25.7. The summed E-state index contributed by atoms with van der Waals surface area (Å²) < 4.78 is 5.62. The topological polar surface area (TPSA) is 21.3 Å². The molecule has 1 saturated carbocycles. The highest BCUT2D eigenvalue weighted by Crippen LogP contribution is 2.28. The van der Waals surface area contributed by atoms with E-state index in [-0.39, 0.29) is 0 Å². The molecular weight excluding hydrogens is 186 g/mol. The van der Waals surface area contributed by atoms with Crippen molar-refractivity contribution >= 4 is 0 Å². The number of rotatable bonds is 2. The van der Waals surface area contributed by atoms with Crippen LogP contribution in [0.25, 0.3) is 0 Å². The van der Waals surface area contributed by atoms with Crippen molar-refractivity contribution in [1.29, 1.82) is 0 Å². The first-order valence-electron chi connectivity index (χ1n) is 5.85. The lowest BCUT2D eigenvalue weighted by molar-refractivity contribution is 0.0740. The van der Waals surface area contributed by atoms with E-state index < -0.39 is 0 Å². The summed E-state index contributed by atoms with van der Waals surface area (Å²) in [5, 5.41) is 3.69. The zero-order valence-corrected chi connectivity index (χ0v) is 8.91. The molecule has 0 saturated heterocycles. The van der Waals surface area contributed by atoms with E-state index in [1.54, 1.807) is 0 Å². The molecule has 1 fully saturated rings. The molecule has 1 aliphatic heterocycles. The van der Waals surface area contributed by atoms with E-state index >= 15 is 0 Å². The van der Waals surface area contributed by atoms with Crippen LogP contribution in [0.3, 0.4) is 0 Å². The fraction of sp³-hybridized carbons (Fsp3) is 0.538. The molecule has 1 aliphatic carbocycles. The summed E-state index contributed by atoms with van der Waals surface area (Å²) in [4.78, 5) is 0. The summed E-state index contributed by atoms with van der Waals surface area (Å²) in [5.41, 5.74) is 2.79. The van der Waals surface area contributed by atoms with Gasteiger partial charge in [0.2, 0.25) is 0 Å². The molecular formula is C13H17NO. The summed E-state index contributed by atoms with van der Waals surface area (Å²) >= 11 is 0. The van der Waals surface area contributed by atoms with Crippen LogP contribution >= 0.6 is 0 Å². The van der Waals surface area contributed by atoms with Gasteiger partial charge in [0.05, 0.1) is 19.3 Å². The van der Waals surface area contributed by atoms with Gasteiger partial charge in [-0.1, -0.05) is 30.7 Å². The van der Waals surface area contributed by atoms with Crippen LogP contribution in [0, 0.1) is 0 Å². The lowest BCUT2D eigenvalue weighted by Crippen LogP contribution is -2.41. The number of hydrogen-bond donors (Lipinski definition) is 1. The fourth-order valence-corrected chi connectivity index (χ4v) is 2.38. The van der Waals surface area contributed by atoms with Gasteiger partial charge < -0.3 is 10.1 Å². The molecule has 0 radical (unpaired) electrons. The Hall–Kier alpha value is -0.860. The lowest BCUT2D eigenvalue weighted by Gasteiger charge is -2.34. The minimum absolute atomic E-state index is 0.417.